The van der Waals surface area contributed by atoms with E-state index < -0.39 is 0 Å². The maximum absolute atomic E-state index is 11.4. The maximum atomic E-state index is 11.4. The Morgan fingerprint density at radius 1 is 0.431 bits per heavy atom. The first-order chi connectivity index (χ1) is 29.8. The minimum absolute atomic E-state index is 0. The summed E-state index contributed by atoms with van der Waals surface area (Å²) < 4.78 is 4.95. The van der Waals surface area contributed by atoms with Crippen molar-refractivity contribution in [1.29, 1.82) is 0 Å². The van der Waals surface area contributed by atoms with Crippen LogP contribution in [0.2, 0.25) is 0 Å². The van der Waals surface area contributed by atoms with E-state index in [1.165, 1.54) is 111 Å². The van der Waals surface area contributed by atoms with Crippen molar-refractivity contribution in [3.63, 3.8) is 0 Å². The van der Waals surface area contributed by atoms with Crippen molar-refractivity contribution in [3.05, 3.63) is 0 Å². The molecule has 0 bridgehead atoms. The lowest BCUT2D eigenvalue weighted by Crippen LogP contribution is -2.52. The highest BCUT2D eigenvalue weighted by Gasteiger charge is 2.27. The zero-order chi connectivity index (χ0) is 47.1. The third-order valence-electron chi connectivity index (χ3n) is 14.3. The Hall–Kier alpha value is -1.58. The van der Waals surface area contributed by atoms with Crippen LogP contribution in [0, 0.1) is 0 Å². The van der Waals surface area contributed by atoms with Crippen molar-refractivity contribution < 1.29 is 14.3 Å². The summed E-state index contributed by atoms with van der Waals surface area (Å²) in [4.78, 5) is 46.2. The summed E-state index contributed by atoms with van der Waals surface area (Å²) in [6.45, 7) is 53.5. The normalized spacial score (nSPS) is 21.9. The maximum Gasteiger partial charge on any atom is 0.409 e. The van der Waals surface area contributed by atoms with Gasteiger partial charge in [0.05, 0.1) is 6.61 Å². The highest BCUT2D eigenvalue weighted by atomic mass is 16.6. The van der Waals surface area contributed by atoms with E-state index >= 15 is 0 Å². The van der Waals surface area contributed by atoms with Crippen LogP contribution in [0.15, 0.2) is 0 Å². The molecule has 0 aromatic rings. The van der Waals surface area contributed by atoms with Gasteiger partial charge < -0.3 is 19.4 Å². The van der Waals surface area contributed by atoms with Gasteiger partial charge in [-0.25, -0.2) is 4.79 Å². The molecule has 5 aliphatic heterocycles. The van der Waals surface area contributed by atoms with Crippen LogP contribution in [0.4, 0.5) is 4.79 Å². The molecule has 0 spiro atoms. The first-order valence-corrected chi connectivity index (χ1v) is 25.9. The lowest BCUT2D eigenvalue weighted by atomic mass is 9.94. The van der Waals surface area contributed by atoms with Crippen molar-refractivity contribution in [2.24, 2.45) is 0 Å². The fourth-order valence-electron chi connectivity index (χ4n) is 9.36. The van der Waals surface area contributed by atoms with Crippen LogP contribution in [0.5, 0.6) is 0 Å². The molecule has 388 valence electrons. The number of hydrogen-bond donors (Lipinski definition) is 0. The quantitative estimate of drug-likeness (QED) is 0.245. The number of likely N-dealkylation sites (N-methyl/N-ethyl adjacent to an activating group) is 1. The molecule has 5 saturated heterocycles. The van der Waals surface area contributed by atoms with Crippen molar-refractivity contribution >= 4 is 12.0 Å². The number of carbonyl (C=O) groups excluding carboxylic acids is 2. The molecule has 0 aromatic carbocycles. The fourth-order valence-corrected chi connectivity index (χ4v) is 9.36. The highest BCUT2D eigenvalue weighted by molar-refractivity contribution is 5.73. The minimum Gasteiger partial charge on any atom is -0.450 e. The van der Waals surface area contributed by atoms with E-state index in [4.69, 9.17) is 4.74 Å². The number of ether oxygens (including phenoxy) is 1. The van der Waals surface area contributed by atoms with Crippen LogP contribution >= 0.6 is 0 Å². The van der Waals surface area contributed by atoms with Gasteiger partial charge >= 0.3 is 6.09 Å². The third-order valence-corrected chi connectivity index (χ3v) is 14.3. The third kappa shape index (κ3) is 25.0. The lowest BCUT2D eigenvalue weighted by Gasteiger charge is -2.42. The molecule has 1 aliphatic carbocycles. The predicted molar refractivity (Wildman–Crippen MR) is 281 cm³/mol. The number of rotatable bonds is 8. The SMILES string of the molecule is C.C.CC(=O)N1CCN(C(C)C)CC1.CC(C)N1CCN(C(C)C)CC1.CC(C)N1CCN(C)CC1.CC(C)N1CCN(C2CCCCC2)CC1.CCOC(=O)N1CCN(C(C)C)CC1. The van der Waals surface area contributed by atoms with Crippen LogP contribution in [0.1, 0.15) is 144 Å². The fraction of sp³-hybridized carbons (Fsp3) is 0.962. The van der Waals surface area contributed by atoms with Gasteiger partial charge in [-0.2, -0.15) is 0 Å². The molecule has 0 radical (unpaired) electrons. The topological polar surface area (TPSA) is 75.8 Å². The number of amides is 2. The molecule has 0 aromatic heterocycles. The second-order valence-corrected chi connectivity index (χ2v) is 20.6. The van der Waals surface area contributed by atoms with Gasteiger partial charge in [-0.15, -0.1) is 0 Å². The molecule has 2 amide bonds. The van der Waals surface area contributed by atoms with Gasteiger partial charge in [-0.05, 0) is 110 Å². The first-order valence-electron chi connectivity index (χ1n) is 25.9. The highest BCUT2D eigenvalue weighted by Crippen LogP contribution is 2.24. The van der Waals surface area contributed by atoms with Crippen molar-refractivity contribution in [3.8, 4) is 0 Å². The van der Waals surface area contributed by atoms with E-state index in [0.29, 0.717) is 18.7 Å². The standard InChI is InChI=1S/C13H26N2.C10H20N2O2.C10H22N2.C9H18N2O.C8H18N2.2CH4/c1-12(2)14-8-10-15(11-9-14)13-6-4-3-5-7-13;1-4-14-10(13)12-7-5-11(6-8-12)9(2)3;1-9(2)11-5-7-12(8-6-11)10(3)4;1-8(2)10-4-6-11(7-5-10)9(3)12;1-8(2)10-6-4-9(3)5-7-10;;/h12-13H,3-11H2,1-2H3;9H,4-8H2,1-3H3;9-10H,5-8H2,1-4H3;8H,4-7H2,1-3H3;8H,4-7H2,1-3H3;2*1H4. The van der Waals surface area contributed by atoms with Crippen LogP contribution in [0.25, 0.3) is 0 Å². The van der Waals surface area contributed by atoms with E-state index in [0.717, 1.165) is 82.6 Å². The summed E-state index contributed by atoms with van der Waals surface area (Å²) in [5.41, 5.74) is 0. The molecule has 6 rings (SSSR count). The lowest BCUT2D eigenvalue weighted by molar-refractivity contribution is -0.130. The van der Waals surface area contributed by atoms with Crippen LogP contribution in [0.3, 0.4) is 0 Å². The van der Waals surface area contributed by atoms with E-state index in [9.17, 15) is 9.59 Å². The predicted octanol–water partition coefficient (Wildman–Crippen LogP) is 7.41. The number of carbonyl (C=O) groups is 2. The first kappa shape index (κ1) is 63.4. The summed E-state index contributed by atoms with van der Waals surface area (Å²) in [5.74, 6) is 0.207. The molecule has 65 heavy (non-hydrogen) atoms. The minimum atomic E-state index is -0.170. The Kier molecular flexibility index (Phi) is 33.8. The Balaban J connectivity index is 0.000000787. The Morgan fingerprint density at radius 3 is 1.00 bits per heavy atom. The van der Waals surface area contributed by atoms with E-state index in [1.807, 2.05) is 11.8 Å². The van der Waals surface area contributed by atoms with E-state index in [1.54, 1.807) is 11.8 Å². The van der Waals surface area contributed by atoms with Gasteiger partial charge in [-0.1, -0.05) is 34.1 Å². The molecule has 0 unspecified atom stereocenters. The molecule has 13 nitrogen and oxygen atoms in total. The van der Waals surface area contributed by atoms with Gasteiger partial charge in [-0.3, -0.25) is 39.1 Å². The van der Waals surface area contributed by atoms with Gasteiger partial charge in [0, 0.05) is 180 Å². The average molecular weight is 926 g/mol. The monoisotopic (exact) mass is 925 g/mol. The number of piperazine rings is 5. The van der Waals surface area contributed by atoms with Gasteiger partial charge in [0.15, 0.2) is 0 Å². The second kappa shape index (κ2) is 34.7. The number of nitrogens with zero attached hydrogens (tertiary/aromatic N) is 10. The average Bonchev–Trinajstić information content (AvgIpc) is 3.28. The number of hydrogen-bond acceptors (Lipinski definition) is 11. The molecule has 0 atom stereocenters. The van der Waals surface area contributed by atoms with Gasteiger partial charge in [0.1, 0.15) is 0 Å². The van der Waals surface area contributed by atoms with Crippen LogP contribution < -0.4 is 0 Å². The summed E-state index contributed by atoms with van der Waals surface area (Å²) in [6, 6.07) is 5.01. The van der Waals surface area contributed by atoms with Crippen molar-refractivity contribution in [1.82, 2.24) is 49.0 Å². The molecule has 1 saturated carbocycles. The smallest absolute Gasteiger partial charge is 0.409 e. The van der Waals surface area contributed by atoms with Crippen LogP contribution in [-0.2, 0) is 9.53 Å². The summed E-state index contributed by atoms with van der Waals surface area (Å²) in [5, 5.41) is 0. The molecule has 5 heterocycles. The van der Waals surface area contributed by atoms with Gasteiger partial charge in [0.2, 0.25) is 5.91 Å². The largest absolute Gasteiger partial charge is 0.450 e. The zero-order valence-corrected chi connectivity index (χ0v) is 44.1. The van der Waals surface area contributed by atoms with E-state index in [2.05, 4.69) is 129 Å². The zero-order valence-electron chi connectivity index (χ0n) is 44.1. The Labute approximate surface area is 404 Å². The van der Waals surface area contributed by atoms with Gasteiger partial charge in [0.25, 0.3) is 0 Å². The summed E-state index contributed by atoms with van der Waals surface area (Å²) in [6.07, 6.45) is 7.16. The Bertz CT molecular complexity index is 1140. The molecule has 6 fully saturated rings. The van der Waals surface area contributed by atoms with E-state index in [-0.39, 0.29) is 26.9 Å². The van der Waals surface area contributed by atoms with Crippen molar-refractivity contribution in [2.75, 3.05) is 145 Å². The molecule has 13 heteroatoms. The molecular weight excluding hydrogens is 813 g/mol. The molecular formula is C52H112N10O3. The van der Waals surface area contributed by atoms with Crippen molar-refractivity contribution in [2.45, 2.75) is 186 Å². The second-order valence-electron chi connectivity index (χ2n) is 20.6. The Morgan fingerprint density at radius 2 is 0.708 bits per heavy atom. The molecule has 0 N–H and O–H groups in total. The molecule has 6 aliphatic rings. The summed E-state index contributed by atoms with van der Waals surface area (Å²) in [7, 11) is 2.19. The van der Waals surface area contributed by atoms with Crippen LogP contribution in [-0.4, -0.2) is 248 Å². The summed E-state index contributed by atoms with van der Waals surface area (Å²) >= 11 is 0.